The Bertz CT molecular complexity index is 2100. The predicted octanol–water partition coefficient (Wildman–Crippen LogP) is 6.81. The van der Waals surface area contributed by atoms with Crippen molar-refractivity contribution >= 4 is 33.8 Å². The van der Waals surface area contributed by atoms with E-state index in [-0.39, 0.29) is 29.7 Å². The molecule has 0 bridgehead atoms. The molecule has 4 heterocycles. The Hall–Kier alpha value is -5.42. The van der Waals surface area contributed by atoms with Crippen LogP contribution < -0.4 is 0 Å². The molecular weight excluding hydrogens is 641 g/mol. The minimum absolute atomic E-state index is 0.0494. The molecule has 256 valence electrons. The van der Waals surface area contributed by atoms with Gasteiger partial charge in [-0.1, -0.05) is 24.3 Å². The molecule has 2 saturated heterocycles. The number of piperazine rings is 1. The average molecular weight is 679 g/mol. The van der Waals surface area contributed by atoms with Crippen LogP contribution >= 0.6 is 0 Å². The molecule has 1 unspecified atom stereocenters. The van der Waals surface area contributed by atoms with E-state index < -0.39 is 11.6 Å². The summed E-state index contributed by atoms with van der Waals surface area (Å²) in [5.41, 5.74) is 5.16. The Balaban J connectivity index is 0.000000157. The van der Waals surface area contributed by atoms with Crippen LogP contribution in [0.1, 0.15) is 38.3 Å². The number of rotatable bonds is 6. The first-order valence-corrected chi connectivity index (χ1v) is 16.8. The minimum atomic E-state index is -0.532. The molecule has 2 aliphatic rings. The lowest BCUT2D eigenvalue weighted by molar-refractivity contribution is 0.0625. The van der Waals surface area contributed by atoms with Gasteiger partial charge in [-0.2, -0.15) is 0 Å². The SMILES string of the molecule is O=C(c1ccc2[nH]cnc2c1)N1CCN(Cc2c(F)cccc2F)CC1.O=C(c1ccc2cc[nH]c2c1)N1CCC(Cc2ccc(F)cc2)C1. The number of H-pyrrole nitrogens is 2. The molecule has 8 rings (SSSR count). The molecule has 0 aliphatic carbocycles. The zero-order chi connectivity index (χ0) is 34.6. The number of halogens is 3. The van der Waals surface area contributed by atoms with Gasteiger partial charge in [0.2, 0.25) is 0 Å². The van der Waals surface area contributed by atoms with Crippen molar-refractivity contribution in [3.8, 4) is 0 Å². The summed E-state index contributed by atoms with van der Waals surface area (Å²) in [7, 11) is 0. The molecule has 0 saturated carbocycles. The summed E-state index contributed by atoms with van der Waals surface area (Å²) in [6.45, 7) is 3.95. The van der Waals surface area contributed by atoms with Crippen molar-refractivity contribution in [2.75, 3.05) is 39.3 Å². The van der Waals surface area contributed by atoms with Crippen molar-refractivity contribution in [3.05, 3.63) is 137 Å². The van der Waals surface area contributed by atoms with Gasteiger partial charge in [-0.25, -0.2) is 18.2 Å². The smallest absolute Gasteiger partial charge is 0.254 e. The third kappa shape index (κ3) is 7.42. The number of likely N-dealkylation sites (tertiary alicyclic amines) is 1. The fourth-order valence-electron chi connectivity index (χ4n) is 6.76. The van der Waals surface area contributed by atoms with E-state index in [9.17, 15) is 22.8 Å². The molecule has 2 fully saturated rings. The minimum Gasteiger partial charge on any atom is -0.361 e. The van der Waals surface area contributed by atoms with Crippen molar-refractivity contribution in [1.82, 2.24) is 29.7 Å². The summed E-state index contributed by atoms with van der Waals surface area (Å²) in [6, 6.07) is 23.7. The zero-order valence-corrected chi connectivity index (χ0v) is 27.4. The highest BCUT2D eigenvalue weighted by atomic mass is 19.1. The lowest BCUT2D eigenvalue weighted by Crippen LogP contribution is -2.48. The van der Waals surface area contributed by atoms with E-state index in [0.717, 1.165) is 59.0 Å². The number of fused-ring (bicyclic) bond motifs is 2. The Morgan fingerprint density at radius 2 is 1.46 bits per heavy atom. The summed E-state index contributed by atoms with van der Waals surface area (Å²) in [6.07, 6.45) is 5.36. The Labute approximate surface area is 287 Å². The van der Waals surface area contributed by atoms with Gasteiger partial charge in [0.25, 0.3) is 11.8 Å². The third-order valence-corrected chi connectivity index (χ3v) is 9.58. The molecule has 11 heteroatoms. The number of aromatic nitrogens is 3. The Morgan fingerprint density at radius 1 is 0.740 bits per heavy atom. The molecule has 2 N–H and O–H groups in total. The van der Waals surface area contributed by atoms with Gasteiger partial charge in [0.05, 0.1) is 17.4 Å². The maximum Gasteiger partial charge on any atom is 0.254 e. The number of hydrogen-bond donors (Lipinski definition) is 2. The van der Waals surface area contributed by atoms with Crippen LogP contribution in [0.4, 0.5) is 13.2 Å². The molecule has 8 nitrogen and oxygen atoms in total. The maximum absolute atomic E-state index is 13.8. The van der Waals surface area contributed by atoms with Crippen LogP contribution in [-0.2, 0) is 13.0 Å². The predicted molar refractivity (Wildman–Crippen MR) is 186 cm³/mol. The first kappa shape index (κ1) is 33.1. The number of nitrogens with zero attached hydrogens (tertiary/aromatic N) is 4. The summed E-state index contributed by atoms with van der Waals surface area (Å²) >= 11 is 0. The van der Waals surface area contributed by atoms with Crippen LogP contribution in [0.3, 0.4) is 0 Å². The Kier molecular flexibility index (Phi) is 9.66. The first-order valence-electron chi connectivity index (χ1n) is 16.8. The lowest BCUT2D eigenvalue weighted by atomic mass is 9.99. The molecule has 4 aromatic carbocycles. The van der Waals surface area contributed by atoms with E-state index in [1.807, 2.05) is 58.5 Å². The third-order valence-electron chi connectivity index (χ3n) is 9.58. The number of imidazole rings is 1. The number of hydrogen-bond acceptors (Lipinski definition) is 4. The van der Waals surface area contributed by atoms with Gasteiger partial charge in [0, 0.05) is 74.2 Å². The number of nitrogens with one attached hydrogen (secondary N) is 2. The number of carbonyl (C=O) groups is 2. The second kappa shape index (κ2) is 14.6. The van der Waals surface area contributed by atoms with E-state index in [1.165, 1.54) is 30.3 Å². The zero-order valence-electron chi connectivity index (χ0n) is 27.4. The fraction of sp³-hybridized carbons (Fsp3) is 0.256. The van der Waals surface area contributed by atoms with Crippen LogP contribution in [0.25, 0.3) is 21.9 Å². The highest BCUT2D eigenvalue weighted by molar-refractivity contribution is 5.98. The first-order chi connectivity index (χ1) is 24.3. The molecule has 2 aromatic heterocycles. The fourth-order valence-corrected chi connectivity index (χ4v) is 6.76. The Morgan fingerprint density at radius 3 is 2.24 bits per heavy atom. The second-order valence-electron chi connectivity index (χ2n) is 12.9. The highest BCUT2D eigenvalue weighted by Crippen LogP contribution is 2.24. The van der Waals surface area contributed by atoms with Crippen LogP contribution in [-0.4, -0.2) is 80.7 Å². The highest BCUT2D eigenvalue weighted by Gasteiger charge is 2.27. The van der Waals surface area contributed by atoms with Crippen LogP contribution in [0.2, 0.25) is 0 Å². The largest absolute Gasteiger partial charge is 0.361 e. The van der Waals surface area contributed by atoms with Crippen LogP contribution in [0.15, 0.2) is 97.5 Å². The van der Waals surface area contributed by atoms with Crippen molar-refractivity contribution in [1.29, 1.82) is 0 Å². The summed E-state index contributed by atoms with van der Waals surface area (Å²) in [4.78, 5) is 41.4. The van der Waals surface area contributed by atoms with Gasteiger partial charge in [-0.05, 0) is 90.4 Å². The summed E-state index contributed by atoms with van der Waals surface area (Å²) < 4.78 is 40.6. The van der Waals surface area contributed by atoms with Gasteiger partial charge >= 0.3 is 0 Å². The molecule has 0 spiro atoms. The molecule has 2 amide bonds. The standard InChI is InChI=1S/C20H19FN2O.C19H18F2N4O/c21-18-5-1-14(2-6-18)11-15-8-10-23(13-15)20(24)17-4-3-16-7-9-22-19(16)12-17;20-15-2-1-3-16(21)14(15)11-24-6-8-25(9-7-24)19(26)13-4-5-17-18(10-13)23-12-22-17/h1-7,9,12,15,22H,8,10-11,13H2;1-5,10,12H,6-9,11H2,(H,22,23). The second-order valence-corrected chi connectivity index (χ2v) is 12.9. The van der Waals surface area contributed by atoms with Gasteiger partial charge in [0.15, 0.2) is 0 Å². The number of benzene rings is 4. The van der Waals surface area contributed by atoms with E-state index in [4.69, 9.17) is 0 Å². The summed E-state index contributed by atoms with van der Waals surface area (Å²) in [5.74, 6) is -0.790. The van der Waals surface area contributed by atoms with Crippen molar-refractivity contribution in [3.63, 3.8) is 0 Å². The summed E-state index contributed by atoms with van der Waals surface area (Å²) in [5, 5.41) is 1.11. The number of aromatic amines is 2. The van der Waals surface area contributed by atoms with Gasteiger partial charge < -0.3 is 19.8 Å². The molecular formula is C39H37F3N6O2. The van der Waals surface area contributed by atoms with Gasteiger partial charge in [-0.3, -0.25) is 14.5 Å². The quantitative estimate of drug-likeness (QED) is 0.203. The van der Waals surface area contributed by atoms with E-state index in [1.54, 1.807) is 23.4 Å². The van der Waals surface area contributed by atoms with Gasteiger partial charge in [0.1, 0.15) is 17.5 Å². The normalized spacial score (nSPS) is 16.5. The molecule has 1 atom stereocenters. The van der Waals surface area contributed by atoms with E-state index in [0.29, 0.717) is 37.7 Å². The van der Waals surface area contributed by atoms with Crippen molar-refractivity contribution in [2.24, 2.45) is 5.92 Å². The maximum atomic E-state index is 13.8. The molecule has 0 radical (unpaired) electrons. The number of carbonyl (C=O) groups excluding carboxylic acids is 2. The van der Waals surface area contributed by atoms with Crippen molar-refractivity contribution < 1.29 is 22.8 Å². The molecule has 50 heavy (non-hydrogen) atoms. The van der Waals surface area contributed by atoms with Crippen LogP contribution in [0.5, 0.6) is 0 Å². The van der Waals surface area contributed by atoms with Gasteiger partial charge in [-0.15, -0.1) is 0 Å². The topological polar surface area (TPSA) is 88.3 Å². The van der Waals surface area contributed by atoms with Crippen LogP contribution in [0, 0.1) is 23.4 Å². The van der Waals surface area contributed by atoms with Crippen molar-refractivity contribution in [2.45, 2.75) is 19.4 Å². The van der Waals surface area contributed by atoms with E-state index >= 15 is 0 Å². The monoisotopic (exact) mass is 678 g/mol. The van der Waals surface area contributed by atoms with E-state index in [2.05, 4.69) is 15.0 Å². The molecule has 6 aromatic rings. The number of amides is 2. The lowest BCUT2D eigenvalue weighted by Gasteiger charge is -2.34. The molecule has 2 aliphatic heterocycles. The average Bonchev–Trinajstić information content (AvgIpc) is 3.92.